The molecule has 0 aliphatic carbocycles. The van der Waals surface area contributed by atoms with Crippen molar-refractivity contribution >= 4 is 34.8 Å². The third-order valence-electron chi connectivity index (χ3n) is 4.62. The van der Waals surface area contributed by atoms with Crippen LogP contribution < -0.4 is 16.0 Å². The van der Waals surface area contributed by atoms with E-state index < -0.39 is 23.6 Å². The third-order valence-corrected chi connectivity index (χ3v) is 4.62. The summed E-state index contributed by atoms with van der Waals surface area (Å²) in [5.41, 5.74) is 0.629. The standard InChI is InChI=1S/C24H20F3N3O4/c1-34-23(33)15-8-10-18(11-9-15)29-21(31)14-28-19-6-2-4-16(12-19)22(32)30-20-7-3-5-17(13-20)24(25,26)27/h2-13,28H,14H2,1H3,(H,29,31)(H,30,32). The molecule has 3 N–H and O–H groups in total. The smallest absolute Gasteiger partial charge is 0.416 e. The Hall–Kier alpha value is -4.34. The maximum atomic E-state index is 12.9. The second-order valence-corrected chi connectivity index (χ2v) is 7.08. The van der Waals surface area contributed by atoms with E-state index in [-0.39, 0.29) is 23.7 Å². The van der Waals surface area contributed by atoms with Gasteiger partial charge in [0.25, 0.3) is 5.91 Å². The molecule has 0 atom stereocenters. The fraction of sp³-hybridized carbons (Fsp3) is 0.125. The highest BCUT2D eigenvalue weighted by atomic mass is 19.4. The first-order valence-electron chi connectivity index (χ1n) is 9.96. The van der Waals surface area contributed by atoms with Gasteiger partial charge in [-0.3, -0.25) is 9.59 Å². The number of benzene rings is 3. The minimum Gasteiger partial charge on any atom is -0.465 e. The molecule has 3 aromatic carbocycles. The van der Waals surface area contributed by atoms with Crippen molar-refractivity contribution < 1.29 is 32.3 Å². The average Bonchev–Trinajstić information content (AvgIpc) is 2.82. The number of rotatable bonds is 7. The molecule has 0 heterocycles. The van der Waals surface area contributed by atoms with Crippen LogP contribution >= 0.6 is 0 Å². The second kappa shape index (κ2) is 10.5. The van der Waals surface area contributed by atoms with Crippen molar-refractivity contribution in [3.8, 4) is 0 Å². The van der Waals surface area contributed by atoms with Crippen molar-refractivity contribution in [3.63, 3.8) is 0 Å². The van der Waals surface area contributed by atoms with Crippen LogP contribution in [0.25, 0.3) is 0 Å². The zero-order valence-corrected chi connectivity index (χ0v) is 17.9. The summed E-state index contributed by atoms with van der Waals surface area (Å²) in [5, 5.41) is 7.97. The Morgan fingerprint density at radius 3 is 2.15 bits per heavy atom. The first-order valence-corrected chi connectivity index (χ1v) is 9.96. The van der Waals surface area contributed by atoms with Crippen molar-refractivity contribution in [3.05, 3.63) is 89.5 Å². The van der Waals surface area contributed by atoms with Gasteiger partial charge < -0.3 is 20.7 Å². The number of ether oxygens (including phenoxy) is 1. The number of anilines is 3. The van der Waals surface area contributed by atoms with Crippen LogP contribution in [-0.4, -0.2) is 31.4 Å². The van der Waals surface area contributed by atoms with E-state index in [1.807, 2.05) is 0 Å². The van der Waals surface area contributed by atoms with Crippen LogP contribution in [0.2, 0.25) is 0 Å². The van der Waals surface area contributed by atoms with Gasteiger partial charge in [0.1, 0.15) is 0 Å². The Labute approximate surface area is 192 Å². The second-order valence-electron chi connectivity index (χ2n) is 7.08. The summed E-state index contributed by atoms with van der Waals surface area (Å²) in [6.07, 6.45) is -4.52. The predicted octanol–water partition coefficient (Wildman–Crippen LogP) is 4.79. The van der Waals surface area contributed by atoms with Gasteiger partial charge in [0.05, 0.1) is 24.8 Å². The minimum absolute atomic E-state index is 0.00998. The van der Waals surface area contributed by atoms with E-state index in [4.69, 9.17) is 0 Å². The lowest BCUT2D eigenvalue weighted by Gasteiger charge is -2.11. The van der Waals surface area contributed by atoms with Gasteiger partial charge in [-0.25, -0.2) is 4.79 Å². The lowest BCUT2D eigenvalue weighted by molar-refractivity contribution is -0.137. The quantitative estimate of drug-likeness (QED) is 0.431. The molecule has 0 aliphatic rings. The number of amides is 2. The number of nitrogens with one attached hydrogen (secondary N) is 3. The van der Waals surface area contributed by atoms with Crippen molar-refractivity contribution in [2.75, 3.05) is 29.6 Å². The topological polar surface area (TPSA) is 96.5 Å². The maximum Gasteiger partial charge on any atom is 0.416 e. The Morgan fingerprint density at radius 2 is 1.47 bits per heavy atom. The highest BCUT2D eigenvalue weighted by molar-refractivity contribution is 6.05. The maximum absolute atomic E-state index is 12.9. The number of esters is 1. The van der Waals surface area contributed by atoms with Crippen molar-refractivity contribution in [2.45, 2.75) is 6.18 Å². The number of halogens is 3. The summed E-state index contributed by atoms with van der Waals surface area (Å²) in [6, 6.07) is 16.7. The normalized spacial score (nSPS) is 10.8. The van der Waals surface area contributed by atoms with Gasteiger partial charge in [0.2, 0.25) is 5.91 Å². The molecule has 0 saturated carbocycles. The first kappa shape index (κ1) is 24.3. The van der Waals surface area contributed by atoms with Gasteiger partial charge in [0, 0.05) is 22.6 Å². The fourth-order valence-electron chi connectivity index (χ4n) is 2.94. The zero-order chi connectivity index (χ0) is 24.7. The molecular weight excluding hydrogens is 451 g/mol. The van der Waals surface area contributed by atoms with Gasteiger partial charge in [0.15, 0.2) is 0 Å². The molecule has 0 saturated heterocycles. The number of carbonyl (C=O) groups is 3. The highest BCUT2D eigenvalue weighted by Crippen LogP contribution is 2.30. The minimum atomic E-state index is -4.52. The fourth-order valence-corrected chi connectivity index (χ4v) is 2.94. The molecule has 3 rings (SSSR count). The third kappa shape index (κ3) is 6.58. The van der Waals surface area contributed by atoms with Crippen molar-refractivity contribution in [1.29, 1.82) is 0 Å². The van der Waals surface area contributed by atoms with E-state index in [0.29, 0.717) is 16.9 Å². The number of alkyl halides is 3. The Kier molecular flexibility index (Phi) is 7.52. The van der Waals surface area contributed by atoms with Crippen molar-refractivity contribution in [1.82, 2.24) is 0 Å². The largest absolute Gasteiger partial charge is 0.465 e. The number of hydrogen-bond acceptors (Lipinski definition) is 5. The molecular formula is C24H20F3N3O4. The molecule has 10 heteroatoms. The number of methoxy groups -OCH3 is 1. The van der Waals surface area contributed by atoms with Gasteiger partial charge in [-0.05, 0) is 60.7 Å². The van der Waals surface area contributed by atoms with Gasteiger partial charge in [-0.15, -0.1) is 0 Å². The summed E-state index contributed by atoms with van der Waals surface area (Å²) >= 11 is 0. The number of hydrogen-bond donors (Lipinski definition) is 3. The van der Waals surface area contributed by atoms with Crippen LogP contribution in [0, 0.1) is 0 Å². The highest BCUT2D eigenvalue weighted by Gasteiger charge is 2.30. The van der Waals surface area contributed by atoms with E-state index in [0.717, 1.165) is 12.1 Å². The molecule has 0 fully saturated rings. The summed E-state index contributed by atoms with van der Waals surface area (Å²) in [5.74, 6) is -1.46. The molecule has 0 aliphatic heterocycles. The lowest BCUT2D eigenvalue weighted by atomic mass is 10.1. The van der Waals surface area contributed by atoms with E-state index >= 15 is 0 Å². The lowest BCUT2D eigenvalue weighted by Crippen LogP contribution is -2.22. The zero-order valence-electron chi connectivity index (χ0n) is 17.9. The Morgan fingerprint density at radius 1 is 0.794 bits per heavy atom. The van der Waals surface area contributed by atoms with E-state index in [1.165, 1.54) is 43.5 Å². The Bertz CT molecular complexity index is 1190. The molecule has 34 heavy (non-hydrogen) atoms. The summed E-state index contributed by atoms with van der Waals surface area (Å²) in [6.45, 7) is -0.114. The van der Waals surface area contributed by atoms with E-state index in [2.05, 4.69) is 20.7 Å². The first-order chi connectivity index (χ1) is 16.2. The molecule has 2 amide bonds. The molecule has 176 valence electrons. The van der Waals surface area contributed by atoms with Crippen LogP contribution in [0.1, 0.15) is 26.3 Å². The van der Waals surface area contributed by atoms with Gasteiger partial charge in [-0.1, -0.05) is 12.1 Å². The SMILES string of the molecule is COC(=O)c1ccc(NC(=O)CNc2cccc(C(=O)Nc3cccc(C(F)(F)F)c3)c2)cc1. The predicted molar refractivity (Wildman–Crippen MR) is 121 cm³/mol. The summed E-state index contributed by atoms with van der Waals surface area (Å²) in [7, 11) is 1.27. The molecule has 7 nitrogen and oxygen atoms in total. The van der Waals surface area contributed by atoms with Gasteiger partial charge >= 0.3 is 12.1 Å². The molecule has 0 bridgehead atoms. The van der Waals surface area contributed by atoms with Gasteiger partial charge in [-0.2, -0.15) is 13.2 Å². The van der Waals surface area contributed by atoms with Crippen LogP contribution in [-0.2, 0) is 15.7 Å². The van der Waals surface area contributed by atoms with Crippen LogP contribution in [0.3, 0.4) is 0 Å². The van der Waals surface area contributed by atoms with Crippen LogP contribution in [0.5, 0.6) is 0 Å². The van der Waals surface area contributed by atoms with Crippen LogP contribution in [0.4, 0.5) is 30.2 Å². The molecule has 0 spiro atoms. The van der Waals surface area contributed by atoms with Crippen LogP contribution in [0.15, 0.2) is 72.8 Å². The van der Waals surface area contributed by atoms with Crippen molar-refractivity contribution in [2.24, 2.45) is 0 Å². The summed E-state index contributed by atoms with van der Waals surface area (Å²) < 4.78 is 43.2. The van der Waals surface area contributed by atoms with E-state index in [1.54, 1.807) is 24.3 Å². The summed E-state index contributed by atoms with van der Waals surface area (Å²) in [4.78, 5) is 36.1. The molecule has 0 aromatic heterocycles. The van der Waals surface area contributed by atoms with E-state index in [9.17, 15) is 27.6 Å². The Balaban J connectivity index is 1.57. The molecule has 0 unspecified atom stereocenters. The molecule has 3 aromatic rings. The average molecular weight is 471 g/mol. The number of carbonyl (C=O) groups excluding carboxylic acids is 3. The monoisotopic (exact) mass is 471 g/mol. The molecule has 0 radical (unpaired) electrons.